The van der Waals surface area contributed by atoms with Gasteiger partial charge < -0.3 is 5.43 Å². The monoisotopic (exact) mass is 327 g/mol. The Balaban J connectivity index is 1.61. The van der Waals surface area contributed by atoms with Gasteiger partial charge in [0.25, 0.3) is 0 Å². The number of anilines is 1. The van der Waals surface area contributed by atoms with E-state index >= 15 is 0 Å². The van der Waals surface area contributed by atoms with Crippen LogP contribution >= 0.6 is 11.6 Å². The van der Waals surface area contributed by atoms with Crippen LogP contribution in [0.1, 0.15) is 5.56 Å². The second-order valence-electron chi connectivity index (χ2n) is 5.04. The van der Waals surface area contributed by atoms with Crippen LogP contribution in [0.4, 0.5) is 10.1 Å². The van der Waals surface area contributed by atoms with Crippen LogP contribution in [0.25, 0.3) is 11.1 Å². The number of aromatic nitrogens is 1. The van der Waals surface area contributed by atoms with E-state index in [-0.39, 0.29) is 5.15 Å². The number of rotatable bonds is 5. The number of hydrazine groups is 1. The minimum Gasteiger partial charge on any atom is -0.321 e. The van der Waals surface area contributed by atoms with Crippen LogP contribution in [0, 0.1) is 5.82 Å². The maximum Gasteiger partial charge on any atom is 0.164 e. The lowest BCUT2D eigenvalue weighted by molar-refractivity contribution is 0.622. The molecule has 1 aromatic heterocycles. The van der Waals surface area contributed by atoms with E-state index < -0.39 is 5.82 Å². The molecule has 0 bridgehead atoms. The summed E-state index contributed by atoms with van der Waals surface area (Å²) >= 11 is 5.60. The fraction of sp³-hybridized carbons (Fsp3) is 0.0556. The van der Waals surface area contributed by atoms with Gasteiger partial charge in [-0.3, -0.25) is 0 Å². The van der Waals surface area contributed by atoms with Gasteiger partial charge in [-0.1, -0.05) is 54.1 Å². The molecule has 2 N–H and O–H groups in total. The number of para-hydroxylation sites is 1. The summed E-state index contributed by atoms with van der Waals surface area (Å²) in [6.07, 6.45) is 1.57. The average molecular weight is 328 g/mol. The van der Waals surface area contributed by atoms with Crippen molar-refractivity contribution in [2.75, 3.05) is 5.43 Å². The van der Waals surface area contributed by atoms with Gasteiger partial charge in [-0.2, -0.15) is 0 Å². The molecule has 0 aliphatic heterocycles. The molecule has 0 aliphatic rings. The van der Waals surface area contributed by atoms with Gasteiger partial charge in [0.1, 0.15) is 0 Å². The first-order valence-corrected chi connectivity index (χ1v) is 7.54. The van der Waals surface area contributed by atoms with Crippen LogP contribution in [-0.4, -0.2) is 4.98 Å². The molecule has 0 amide bonds. The summed E-state index contributed by atoms with van der Waals surface area (Å²) in [5, 5.41) is -0.110. The quantitative estimate of drug-likeness (QED) is 0.528. The minimum atomic E-state index is -0.512. The number of hydrogen-bond acceptors (Lipinski definition) is 3. The lowest BCUT2D eigenvalue weighted by atomic mass is 10.1. The Kier molecular flexibility index (Phi) is 4.86. The molecule has 0 aliphatic carbocycles. The van der Waals surface area contributed by atoms with E-state index in [1.807, 2.05) is 54.6 Å². The Labute approximate surface area is 139 Å². The Hall–Kier alpha value is -2.43. The molecule has 0 radical (unpaired) electrons. The summed E-state index contributed by atoms with van der Waals surface area (Å²) in [4.78, 5) is 3.83. The Morgan fingerprint density at radius 3 is 2.39 bits per heavy atom. The van der Waals surface area contributed by atoms with Crippen molar-refractivity contribution in [3.05, 3.63) is 83.4 Å². The van der Waals surface area contributed by atoms with E-state index in [1.54, 1.807) is 6.20 Å². The topological polar surface area (TPSA) is 37.0 Å². The zero-order chi connectivity index (χ0) is 16.1. The molecule has 0 unspecified atom stereocenters. The molecule has 0 fully saturated rings. The minimum absolute atomic E-state index is 0.110. The smallest absolute Gasteiger partial charge is 0.164 e. The standard InChI is InChI=1S/C18H15ClFN3/c19-18-17(20)10-15(12-21-18)14-8-6-13(7-9-14)11-22-23-16-4-2-1-3-5-16/h1-10,12,22-23H,11H2. The zero-order valence-corrected chi connectivity index (χ0v) is 13.0. The number of nitrogens with zero attached hydrogens (tertiary/aromatic N) is 1. The molecular formula is C18H15ClFN3. The predicted octanol–water partition coefficient (Wildman–Crippen LogP) is 4.66. The fourth-order valence-corrected chi connectivity index (χ4v) is 2.27. The van der Waals surface area contributed by atoms with Crippen molar-refractivity contribution in [1.82, 2.24) is 10.4 Å². The van der Waals surface area contributed by atoms with Crippen molar-refractivity contribution in [1.29, 1.82) is 0 Å². The van der Waals surface area contributed by atoms with Crippen LogP contribution in [-0.2, 0) is 6.54 Å². The summed E-state index contributed by atoms with van der Waals surface area (Å²) < 4.78 is 13.5. The molecule has 0 atom stereocenters. The summed E-state index contributed by atoms with van der Waals surface area (Å²) in [5.41, 5.74) is 10.00. The lowest BCUT2D eigenvalue weighted by Crippen LogP contribution is -2.20. The number of pyridine rings is 1. The summed E-state index contributed by atoms with van der Waals surface area (Å²) in [7, 11) is 0. The van der Waals surface area contributed by atoms with E-state index in [9.17, 15) is 4.39 Å². The highest BCUT2D eigenvalue weighted by atomic mass is 35.5. The average Bonchev–Trinajstić information content (AvgIpc) is 2.59. The van der Waals surface area contributed by atoms with Gasteiger partial charge in [-0.05, 0) is 29.3 Å². The van der Waals surface area contributed by atoms with Crippen LogP contribution in [0.15, 0.2) is 66.9 Å². The molecule has 3 rings (SSSR count). The highest BCUT2D eigenvalue weighted by Gasteiger charge is 2.04. The molecule has 3 aromatic rings. The first-order valence-electron chi connectivity index (χ1n) is 7.16. The van der Waals surface area contributed by atoms with Crippen LogP contribution in [0.2, 0.25) is 5.15 Å². The van der Waals surface area contributed by atoms with Crippen molar-refractivity contribution in [2.45, 2.75) is 6.54 Å². The van der Waals surface area contributed by atoms with Crippen molar-refractivity contribution in [2.24, 2.45) is 0 Å². The second kappa shape index (κ2) is 7.22. The van der Waals surface area contributed by atoms with Crippen LogP contribution < -0.4 is 10.9 Å². The van der Waals surface area contributed by atoms with E-state index in [4.69, 9.17) is 11.6 Å². The van der Waals surface area contributed by atoms with Crippen molar-refractivity contribution >= 4 is 17.3 Å². The molecule has 23 heavy (non-hydrogen) atoms. The zero-order valence-electron chi connectivity index (χ0n) is 12.3. The van der Waals surface area contributed by atoms with E-state index in [0.717, 1.165) is 16.8 Å². The van der Waals surface area contributed by atoms with Crippen molar-refractivity contribution in [3.8, 4) is 11.1 Å². The lowest BCUT2D eigenvalue weighted by Gasteiger charge is -2.09. The number of benzene rings is 2. The number of halogens is 2. The van der Waals surface area contributed by atoms with Crippen LogP contribution in [0.5, 0.6) is 0 Å². The molecular weight excluding hydrogens is 313 g/mol. The SMILES string of the molecule is Fc1cc(-c2ccc(CNNc3ccccc3)cc2)cnc1Cl. The highest BCUT2D eigenvalue weighted by Crippen LogP contribution is 2.22. The second-order valence-corrected chi connectivity index (χ2v) is 5.40. The maximum atomic E-state index is 13.5. The summed E-state index contributed by atoms with van der Waals surface area (Å²) in [5.74, 6) is -0.512. The van der Waals surface area contributed by atoms with Crippen LogP contribution in [0.3, 0.4) is 0 Å². The van der Waals surface area contributed by atoms with Gasteiger partial charge in [0.2, 0.25) is 0 Å². The summed E-state index contributed by atoms with van der Waals surface area (Å²) in [6, 6.07) is 19.1. The van der Waals surface area contributed by atoms with Gasteiger partial charge in [-0.15, -0.1) is 0 Å². The predicted molar refractivity (Wildman–Crippen MR) is 91.5 cm³/mol. The third kappa shape index (κ3) is 4.06. The third-order valence-electron chi connectivity index (χ3n) is 3.38. The maximum absolute atomic E-state index is 13.5. The first-order chi connectivity index (χ1) is 11.2. The van der Waals surface area contributed by atoms with E-state index in [2.05, 4.69) is 15.8 Å². The molecule has 2 aromatic carbocycles. The Morgan fingerprint density at radius 1 is 0.957 bits per heavy atom. The van der Waals surface area contributed by atoms with Gasteiger partial charge >= 0.3 is 0 Å². The van der Waals surface area contributed by atoms with Crippen molar-refractivity contribution in [3.63, 3.8) is 0 Å². The molecule has 3 nitrogen and oxygen atoms in total. The fourth-order valence-electron chi connectivity index (χ4n) is 2.16. The Bertz CT molecular complexity index is 776. The van der Waals surface area contributed by atoms with Gasteiger partial charge in [0, 0.05) is 24.0 Å². The normalized spacial score (nSPS) is 10.5. The van der Waals surface area contributed by atoms with Gasteiger partial charge in [-0.25, -0.2) is 14.8 Å². The highest BCUT2D eigenvalue weighted by molar-refractivity contribution is 6.29. The number of nitrogens with one attached hydrogen (secondary N) is 2. The molecule has 0 saturated heterocycles. The van der Waals surface area contributed by atoms with E-state index in [0.29, 0.717) is 12.1 Å². The molecule has 0 saturated carbocycles. The molecule has 0 spiro atoms. The summed E-state index contributed by atoms with van der Waals surface area (Å²) in [6.45, 7) is 0.669. The molecule has 1 heterocycles. The van der Waals surface area contributed by atoms with Gasteiger partial charge in [0.15, 0.2) is 11.0 Å². The van der Waals surface area contributed by atoms with Crippen molar-refractivity contribution < 1.29 is 4.39 Å². The first kappa shape index (κ1) is 15.5. The molecule has 116 valence electrons. The number of hydrogen-bond donors (Lipinski definition) is 2. The third-order valence-corrected chi connectivity index (χ3v) is 3.66. The van der Waals surface area contributed by atoms with E-state index in [1.165, 1.54) is 6.07 Å². The van der Waals surface area contributed by atoms with Gasteiger partial charge in [0.05, 0.1) is 0 Å². The largest absolute Gasteiger partial charge is 0.321 e. The Morgan fingerprint density at radius 2 is 1.70 bits per heavy atom. The molecule has 5 heteroatoms.